The van der Waals surface area contributed by atoms with Gasteiger partial charge in [-0.2, -0.15) is 0 Å². The van der Waals surface area contributed by atoms with Gasteiger partial charge in [0.25, 0.3) is 0 Å². The number of hydrogen-bond donors (Lipinski definition) is 1. The van der Waals surface area contributed by atoms with Gasteiger partial charge in [-0.05, 0) is 24.4 Å². The molecular weight excluding hydrogens is 234 g/mol. The molecule has 0 aliphatic carbocycles. The molecule has 19 heavy (non-hydrogen) atoms. The fraction of sp³-hybridized carbons (Fsp3) is 0.529. The second-order valence-electron chi connectivity index (χ2n) is 5.13. The van der Waals surface area contributed by atoms with Gasteiger partial charge < -0.3 is 10.1 Å². The summed E-state index contributed by atoms with van der Waals surface area (Å²) in [6.45, 7) is 9.27. The first-order chi connectivity index (χ1) is 9.24. The van der Waals surface area contributed by atoms with Crippen LogP contribution in [0.1, 0.15) is 32.8 Å². The van der Waals surface area contributed by atoms with E-state index in [4.69, 9.17) is 4.74 Å². The molecule has 0 fully saturated rings. The lowest BCUT2D eigenvalue weighted by molar-refractivity contribution is 0.0411. The largest absolute Gasteiger partial charge is 0.373 e. The predicted octanol–water partition coefficient (Wildman–Crippen LogP) is 3.74. The lowest BCUT2D eigenvalue weighted by Crippen LogP contribution is -2.33. The molecule has 0 aliphatic rings. The number of ether oxygens (including phenoxy) is 1. The zero-order valence-corrected chi connectivity index (χ0v) is 12.4. The van der Waals surface area contributed by atoms with E-state index in [0.29, 0.717) is 12.5 Å². The highest BCUT2D eigenvalue weighted by Crippen LogP contribution is 2.06. The monoisotopic (exact) mass is 261 g/mol. The Labute approximate surface area is 117 Å². The Bertz CT molecular complexity index is 346. The van der Waals surface area contributed by atoms with Crippen LogP contribution in [0.15, 0.2) is 36.4 Å². The van der Waals surface area contributed by atoms with Crippen LogP contribution in [-0.2, 0) is 4.74 Å². The van der Waals surface area contributed by atoms with Crippen LogP contribution >= 0.6 is 0 Å². The molecule has 2 nitrogen and oxygen atoms in total. The van der Waals surface area contributed by atoms with E-state index in [1.807, 2.05) is 18.2 Å². The second kappa shape index (κ2) is 9.76. The highest BCUT2D eigenvalue weighted by Gasteiger charge is 2.12. The average Bonchev–Trinajstić information content (AvgIpc) is 2.42. The summed E-state index contributed by atoms with van der Waals surface area (Å²) in [5.41, 5.74) is 1.22. The maximum absolute atomic E-state index is 5.92. The van der Waals surface area contributed by atoms with Gasteiger partial charge in [0.15, 0.2) is 0 Å². The third-order valence-corrected chi connectivity index (χ3v) is 3.03. The molecular formula is C17H27NO. The molecule has 1 unspecified atom stereocenters. The van der Waals surface area contributed by atoms with E-state index in [9.17, 15) is 0 Å². The normalized spacial score (nSPS) is 13.3. The van der Waals surface area contributed by atoms with E-state index in [-0.39, 0.29) is 6.10 Å². The SMILES string of the molecule is CCCNCC(OC/C=C/c1ccccc1)C(C)C. The van der Waals surface area contributed by atoms with Crippen LogP contribution in [0.2, 0.25) is 0 Å². The minimum Gasteiger partial charge on any atom is -0.373 e. The molecule has 0 spiro atoms. The van der Waals surface area contributed by atoms with Crippen LogP contribution in [0.25, 0.3) is 6.08 Å². The van der Waals surface area contributed by atoms with Crippen molar-refractivity contribution in [3.63, 3.8) is 0 Å². The minimum absolute atomic E-state index is 0.284. The molecule has 0 aromatic heterocycles. The molecule has 106 valence electrons. The molecule has 0 amide bonds. The van der Waals surface area contributed by atoms with Gasteiger partial charge in [0.1, 0.15) is 0 Å². The Hall–Kier alpha value is -1.12. The van der Waals surface area contributed by atoms with Crippen LogP contribution < -0.4 is 5.32 Å². The van der Waals surface area contributed by atoms with E-state index in [1.165, 1.54) is 12.0 Å². The van der Waals surface area contributed by atoms with Gasteiger partial charge in [-0.25, -0.2) is 0 Å². The van der Waals surface area contributed by atoms with E-state index < -0.39 is 0 Å². The zero-order chi connectivity index (χ0) is 13.9. The summed E-state index contributed by atoms with van der Waals surface area (Å²) in [6, 6.07) is 10.3. The van der Waals surface area contributed by atoms with Gasteiger partial charge >= 0.3 is 0 Å². The number of benzene rings is 1. The Morgan fingerprint density at radius 2 is 1.95 bits per heavy atom. The summed E-state index contributed by atoms with van der Waals surface area (Å²) in [6.07, 6.45) is 5.65. The van der Waals surface area contributed by atoms with Gasteiger partial charge in [0.2, 0.25) is 0 Å². The third kappa shape index (κ3) is 7.14. The highest BCUT2D eigenvalue weighted by molar-refractivity contribution is 5.48. The van der Waals surface area contributed by atoms with Gasteiger partial charge in [-0.3, -0.25) is 0 Å². The molecule has 0 saturated carbocycles. The molecule has 0 bridgehead atoms. The summed E-state index contributed by atoms with van der Waals surface area (Å²) < 4.78 is 5.92. The van der Waals surface area contributed by atoms with Crippen LogP contribution in [-0.4, -0.2) is 25.8 Å². The van der Waals surface area contributed by atoms with E-state index >= 15 is 0 Å². The first kappa shape index (κ1) is 15.9. The second-order valence-corrected chi connectivity index (χ2v) is 5.13. The molecule has 1 atom stereocenters. The zero-order valence-electron chi connectivity index (χ0n) is 12.4. The third-order valence-electron chi connectivity index (χ3n) is 3.03. The molecule has 1 aromatic rings. The smallest absolute Gasteiger partial charge is 0.0726 e. The van der Waals surface area contributed by atoms with Crippen LogP contribution in [0, 0.1) is 5.92 Å². The van der Waals surface area contributed by atoms with Crippen molar-refractivity contribution in [2.45, 2.75) is 33.3 Å². The summed E-state index contributed by atoms with van der Waals surface area (Å²) in [5.74, 6) is 0.537. The summed E-state index contributed by atoms with van der Waals surface area (Å²) in [7, 11) is 0. The first-order valence-corrected chi connectivity index (χ1v) is 7.28. The Balaban J connectivity index is 2.29. The van der Waals surface area contributed by atoms with Crippen molar-refractivity contribution in [3.05, 3.63) is 42.0 Å². The Morgan fingerprint density at radius 3 is 2.58 bits per heavy atom. The van der Waals surface area contributed by atoms with E-state index in [1.54, 1.807) is 0 Å². The maximum Gasteiger partial charge on any atom is 0.0726 e. The van der Waals surface area contributed by atoms with Crippen molar-refractivity contribution >= 4 is 6.08 Å². The van der Waals surface area contributed by atoms with Crippen molar-refractivity contribution in [1.29, 1.82) is 0 Å². The maximum atomic E-state index is 5.92. The van der Waals surface area contributed by atoms with Gasteiger partial charge in [0.05, 0.1) is 12.7 Å². The lowest BCUT2D eigenvalue weighted by Gasteiger charge is -2.21. The van der Waals surface area contributed by atoms with E-state index in [0.717, 1.165) is 13.1 Å². The highest BCUT2D eigenvalue weighted by atomic mass is 16.5. The van der Waals surface area contributed by atoms with E-state index in [2.05, 4.69) is 50.4 Å². The fourth-order valence-corrected chi connectivity index (χ4v) is 1.84. The van der Waals surface area contributed by atoms with Crippen molar-refractivity contribution in [2.75, 3.05) is 19.7 Å². The van der Waals surface area contributed by atoms with Crippen molar-refractivity contribution in [2.24, 2.45) is 5.92 Å². The molecule has 1 aromatic carbocycles. The summed E-state index contributed by atoms with van der Waals surface area (Å²) >= 11 is 0. The van der Waals surface area contributed by atoms with Crippen LogP contribution in [0.5, 0.6) is 0 Å². The molecule has 1 rings (SSSR count). The summed E-state index contributed by atoms with van der Waals surface area (Å²) in [4.78, 5) is 0. The van der Waals surface area contributed by atoms with Crippen molar-refractivity contribution in [3.8, 4) is 0 Å². The minimum atomic E-state index is 0.284. The molecule has 0 radical (unpaired) electrons. The first-order valence-electron chi connectivity index (χ1n) is 7.28. The quantitative estimate of drug-likeness (QED) is 0.684. The Kier molecular flexibility index (Phi) is 8.19. The molecule has 0 aliphatic heterocycles. The predicted molar refractivity (Wildman–Crippen MR) is 83.2 cm³/mol. The van der Waals surface area contributed by atoms with Gasteiger partial charge in [-0.15, -0.1) is 0 Å². The topological polar surface area (TPSA) is 21.3 Å². The van der Waals surface area contributed by atoms with Crippen LogP contribution in [0.4, 0.5) is 0 Å². The van der Waals surface area contributed by atoms with Crippen molar-refractivity contribution in [1.82, 2.24) is 5.32 Å². The Morgan fingerprint density at radius 1 is 1.21 bits per heavy atom. The fourth-order valence-electron chi connectivity index (χ4n) is 1.84. The number of hydrogen-bond acceptors (Lipinski definition) is 2. The van der Waals surface area contributed by atoms with Crippen molar-refractivity contribution < 1.29 is 4.74 Å². The molecule has 0 heterocycles. The lowest BCUT2D eigenvalue weighted by atomic mass is 10.1. The summed E-state index contributed by atoms with van der Waals surface area (Å²) in [5, 5.41) is 3.43. The van der Waals surface area contributed by atoms with Gasteiger partial charge in [0, 0.05) is 6.54 Å². The number of nitrogens with one attached hydrogen (secondary N) is 1. The van der Waals surface area contributed by atoms with Gasteiger partial charge in [-0.1, -0.05) is 63.3 Å². The molecule has 2 heteroatoms. The standard InChI is InChI=1S/C17H27NO/c1-4-12-18-14-17(15(2)3)19-13-8-11-16-9-6-5-7-10-16/h5-11,15,17-18H,4,12-14H2,1-3H3/b11-8+. The van der Waals surface area contributed by atoms with Crippen LogP contribution in [0.3, 0.4) is 0 Å². The number of rotatable bonds is 9. The molecule has 1 N–H and O–H groups in total. The average molecular weight is 261 g/mol. The molecule has 0 saturated heterocycles.